The van der Waals surface area contributed by atoms with Gasteiger partial charge in [0.1, 0.15) is 11.5 Å². The Morgan fingerprint density at radius 2 is 1.09 bits per heavy atom. The minimum Gasteiger partial charge on any atom is -0.496 e. The van der Waals surface area contributed by atoms with Crippen LogP contribution in [0.25, 0.3) is 0 Å². The first kappa shape index (κ1) is 18.1. The van der Waals surface area contributed by atoms with E-state index in [0.29, 0.717) is 11.8 Å². The van der Waals surface area contributed by atoms with Crippen LogP contribution in [0.15, 0.2) is 36.4 Å². The van der Waals surface area contributed by atoms with Crippen LogP contribution in [0.5, 0.6) is 11.5 Å². The van der Waals surface area contributed by atoms with Crippen LogP contribution < -0.4 is 30.7 Å². The maximum atomic E-state index is 5.49. The zero-order valence-electron chi connectivity index (χ0n) is 14.8. The lowest BCUT2D eigenvalue weighted by Crippen LogP contribution is -3.61. The Morgan fingerprint density at radius 1 is 0.696 bits per heavy atom. The van der Waals surface area contributed by atoms with Crippen LogP contribution in [0.2, 0.25) is 0 Å². The third-order valence-corrected chi connectivity index (χ3v) is 6.43. The molecule has 0 aliphatic carbocycles. The van der Waals surface area contributed by atoms with Crippen molar-refractivity contribution < 1.29 is 30.7 Å². The van der Waals surface area contributed by atoms with E-state index in [2.05, 4.69) is 64.1 Å². The number of halogens is 1. The van der Waals surface area contributed by atoms with Crippen LogP contribution in [-0.2, 0) is 0 Å². The van der Waals surface area contributed by atoms with E-state index in [-0.39, 0.29) is 21.2 Å². The van der Waals surface area contributed by atoms with Crippen LogP contribution in [0, 0.1) is 7.14 Å². The number of ether oxygens (including phenoxy) is 2. The third-order valence-electron chi connectivity index (χ3n) is 3.85. The minimum atomic E-state index is -0.203. The van der Waals surface area contributed by atoms with Crippen molar-refractivity contribution >= 4 is 0 Å². The third kappa shape index (κ3) is 4.40. The summed E-state index contributed by atoms with van der Waals surface area (Å²) in [6, 6.07) is 13.3. The number of hydrogen-bond acceptors (Lipinski definition) is 2. The van der Waals surface area contributed by atoms with Crippen molar-refractivity contribution in [2.75, 3.05) is 14.2 Å². The predicted molar refractivity (Wildman–Crippen MR) is 91.6 cm³/mol. The molecule has 0 aromatic heterocycles. The highest BCUT2D eigenvalue weighted by molar-refractivity contribution is 5.36. The van der Waals surface area contributed by atoms with E-state index in [4.69, 9.17) is 9.47 Å². The summed E-state index contributed by atoms with van der Waals surface area (Å²) < 4.78 is 13.8. The van der Waals surface area contributed by atoms with E-state index in [1.165, 1.54) is 18.3 Å². The fourth-order valence-corrected chi connectivity index (χ4v) is 4.98. The van der Waals surface area contributed by atoms with Crippen LogP contribution >= 0.6 is 0 Å². The average Bonchev–Trinajstić information content (AvgIpc) is 2.54. The molecule has 2 aromatic carbocycles. The Labute approximate surface area is 150 Å². The molecule has 0 saturated carbocycles. The summed E-state index contributed by atoms with van der Waals surface area (Å²) in [5.41, 5.74) is 2.59. The van der Waals surface area contributed by atoms with Crippen molar-refractivity contribution in [2.24, 2.45) is 0 Å². The van der Waals surface area contributed by atoms with Crippen molar-refractivity contribution in [3.8, 4) is 11.5 Å². The zero-order chi connectivity index (χ0) is 17.0. The summed E-state index contributed by atoms with van der Waals surface area (Å²) in [5.74, 6) is 2.92. The van der Waals surface area contributed by atoms with Crippen molar-refractivity contribution in [3.63, 3.8) is 0 Å². The molecule has 0 aliphatic heterocycles. The van der Waals surface area contributed by atoms with Gasteiger partial charge in [0.15, 0.2) is 7.14 Å². The molecule has 0 saturated heterocycles. The predicted octanol–water partition coefficient (Wildman–Crippen LogP) is 2.08. The molecule has 0 atom stereocenters. The largest absolute Gasteiger partial charge is 0.496 e. The topological polar surface area (TPSA) is 18.5 Å². The second kappa shape index (κ2) is 8.04. The van der Waals surface area contributed by atoms with Gasteiger partial charge in [0.25, 0.3) is 0 Å². The molecule has 2 nitrogen and oxygen atoms in total. The molecule has 0 N–H and O–H groups in total. The molecule has 0 heterocycles. The Balaban J connectivity index is 2.32. The highest BCUT2D eigenvalue weighted by Gasteiger charge is 2.21. The summed E-state index contributed by atoms with van der Waals surface area (Å²) >= 11 is -0.203. The van der Waals surface area contributed by atoms with Gasteiger partial charge >= 0.3 is 21.2 Å². The summed E-state index contributed by atoms with van der Waals surface area (Å²) in [5, 5.41) is 0. The molecule has 0 radical (unpaired) electrons. The SMILES string of the molecule is COc1ccc([I+]c2ccc(OC)c(C(C)C)c2)cc1C(C)C. The molecule has 0 spiro atoms. The summed E-state index contributed by atoms with van der Waals surface area (Å²) in [6.45, 7) is 8.85. The molecule has 23 heavy (non-hydrogen) atoms. The normalized spacial score (nSPS) is 11.1. The van der Waals surface area contributed by atoms with Gasteiger partial charge in [0.05, 0.1) is 14.2 Å². The van der Waals surface area contributed by atoms with Gasteiger partial charge in [-0.25, -0.2) is 0 Å². The van der Waals surface area contributed by atoms with E-state index in [0.717, 1.165) is 11.5 Å². The van der Waals surface area contributed by atoms with Crippen molar-refractivity contribution in [1.29, 1.82) is 0 Å². The quantitative estimate of drug-likeness (QED) is 0.660. The van der Waals surface area contributed by atoms with Crippen molar-refractivity contribution in [3.05, 3.63) is 54.7 Å². The Morgan fingerprint density at radius 3 is 1.39 bits per heavy atom. The fraction of sp³-hybridized carbons (Fsp3) is 0.400. The van der Waals surface area contributed by atoms with Gasteiger partial charge in [0.2, 0.25) is 0 Å². The van der Waals surface area contributed by atoms with E-state index in [9.17, 15) is 0 Å². The van der Waals surface area contributed by atoms with Crippen LogP contribution in [0.4, 0.5) is 0 Å². The minimum absolute atomic E-state index is 0.203. The number of hydrogen-bond donors (Lipinski definition) is 0. The Hall–Kier alpha value is -1.23. The van der Waals surface area contributed by atoms with Crippen molar-refractivity contribution in [2.45, 2.75) is 39.5 Å². The van der Waals surface area contributed by atoms with Crippen LogP contribution in [0.1, 0.15) is 50.7 Å². The monoisotopic (exact) mass is 425 g/mol. The maximum Gasteiger partial charge on any atom is 0.357 e. The van der Waals surface area contributed by atoms with Crippen LogP contribution in [0.3, 0.4) is 0 Å². The summed E-state index contributed by atoms with van der Waals surface area (Å²) in [6.07, 6.45) is 0. The Kier molecular flexibility index (Phi) is 6.33. The van der Waals surface area contributed by atoms with E-state index in [1.807, 2.05) is 0 Å². The maximum absolute atomic E-state index is 5.49. The smallest absolute Gasteiger partial charge is 0.357 e. The first-order chi connectivity index (χ1) is 11.0. The molecule has 0 amide bonds. The van der Waals surface area contributed by atoms with Gasteiger partial charge in [-0.05, 0) is 48.2 Å². The summed E-state index contributed by atoms with van der Waals surface area (Å²) in [7, 11) is 3.49. The molecule has 0 unspecified atom stereocenters. The summed E-state index contributed by atoms with van der Waals surface area (Å²) in [4.78, 5) is 0. The second-order valence-electron chi connectivity index (χ2n) is 6.18. The average molecular weight is 425 g/mol. The first-order valence-corrected chi connectivity index (χ1v) is 10.1. The highest BCUT2D eigenvalue weighted by atomic mass is 127. The molecule has 2 aromatic rings. The Bertz CT molecular complexity index is 605. The van der Waals surface area contributed by atoms with Gasteiger partial charge in [-0.3, -0.25) is 0 Å². The number of methoxy groups -OCH3 is 2. The lowest BCUT2D eigenvalue weighted by Gasteiger charge is -2.11. The van der Waals surface area contributed by atoms with Gasteiger partial charge in [-0.15, -0.1) is 0 Å². The fourth-order valence-electron chi connectivity index (χ4n) is 2.56. The molecule has 0 bridgehead atoms. The van der Waals surface area contributed by atoms with Crippen LogP contribution in [-0.4, -0.2) is 14.2 Å². The van der Waals surface area contributed by atoms with Gasteiger partial charge < -0.3 is 9.47 Å². The molecule has 124 valence electrons. The molecule has 2 rings (SSSR count). The molecular weight excluding hydrogens is 399 g/mol. The molecule has 3 heteroatoms. The second-order valence-corrected chi connectivity index (χ2v) is 9.21. The van der Waals surface area contributed by atoms with Crippen molar-refractivity contribution in [1.82, 2.24) is 0 Å². The molecular formula is C20H26IO2+. The molecule has 0 fully saturated rings. The lowest BCUT2D eigenvalue weighted by molar-refractivity contribution is -0.597. The lowest BCUT2D eigenvalue weighted by atomic mass is 10.0. The number of rotatable bonds is 6. The van der Waals surface area contributed by atoms with Gasteiger partial charge in [-0.2, -0.15) is 0 Å². The molecule has 0 aliphatic rings. The standard InChI is InChI=1S/C20H26IO2/c1-13(2)17-11-15(7-9-19(17)22-5)21-16-8-10-20(23-6)18(12-16)14(3)4/h7-14H,1-6H3/q+1. The zero-order valence-corrected chi connectivity index (χ0v) is 17.0. The highest BCUT2D eigenvalue weighted by Crippen LogP contribution is 2.26. The van der Waals surface area contributed by atoms with E-state index >= 15 is 0 Å². The van der Waals surface area contributed by atoms with Gasteiger partial charge in [0, 0.05) is 11.1 Å². The van der Waals surface area contributed by atoms with E-state index in [1.54, 1.807) is 14.2 Å². The number of benzene rings is 2. The first-order valence-electron chi connectivity index (χ1n) is 7.97. The van der Waals surface area contributed by atoms with E-state index < -0.39 is 0 Å². The van der Waals surface area contributed by atoms with Gasteiger partial charge in [-0.1, -0.05) is 27.7 Å².